The number of hydrogen-bond donors (Lipinski definition) is 1. The molecule has 0 amide bonds. The summed E-state index contributed by atoms with van der Waals surface area (Å²) in [7, 11) is 0. The molecule has 0 aromatic carbocycles. The van der Waals surface area contributed by atoms with Gasteiger partial charge in [-0.1, -0.05) is 13.8 Å². The van der Waals surface area contributed by atoms with Crippen LogP contribution in [0.3, 0.4) is 0 Å². The first-order valence-electron chi connectivity index (χ1n) is 3.65. The van der Waals surface area contributed by atoms with E-state index < -0.39 is 5.97 Å². The van der Waals surface area contributed by atoms with Crippen molar-refractivity contribution in [2.24, 2.45) is 5.92 Å². The Labute approximate surface area is 81.6 Å². The van der Waals surface area contributed by atoms with Crippen molar-refractivity contribution in [3.05, 3.63) is 6.92 Å². The van der Waals surface area contributed by atoms with Crippen LogP contribution in [0.1, 0.15) is 33.6 Å². The van der Waals surface area contributed by atoms with Gasteiger partial charge < -0.3 is 12.0 Å². The van der Waals surface area contributed by atoms with Gasteiger partial charge in [0.25, 0.3) is 0 Å². The van der Waals surface area contributed by atoms with Gasteiger partial charge in [-0.05, 0) is 12.8 Å². The van der Waals surface area contributed by atoms with Crippen LogP contribution in [-0.4, -0.2) is 11.1 Å². The molecule has 0 bridgehead atoms. The molecule has 3 heteroatoms. The quantitative estimate of drug-likeness (QED) is 0.431. The Morgan fingerprint density at radius 2 is 1.64 bits per heavy atom. The van der Waals surface area contributed by atoms with Crippen LogP contribution in [0.25, 0.3) is 0 Å². The largest absolute Gasteiger partial charge is 1.00 e. The molecule has 0 aliphatic heterocycles. The van der Waals surface area contributed by atoms with E-state index in [0.717, 1.165) is 12.8 Å². The molecule has 0 aliphatic carbocycles. The molecule has 0 fully saturated rings. The molecule has 0 aromatic heterocycles. The Hall–Kier alpha value is 0.0674. The molecule has 0 radical (unpaired) electrons. The molecule has 0 rings (SSSR count). The van der Waals surface area contributed by atoms with E-state index in [-0.39, 0.29) is 24.8 Å². The molecule has 0 saturated heterocycles. The first kappa shape index (κ1) is 17.2. The molecule has 0 atom stereocenters. The molecule has 0 aromatic rings. The van der Waals surface area contributed by atoms with Crippen LogP contribution in [0, 0.1) is 12.8 Å². The van der Waals surface area contributed by atoms with Crippen molar-refractivity contribution in [3.8, 4) is 0 Å². The van der Waals surface area contributed by atoms with Crippen molar-refractivity contribution in [2.45, 2.75) is 33.6 Å². The maximum absolute atomic E-state index is 10.2. The fourth-order valence-electron chi connectivity index (χ4n) is 0.638. The number of aliphatic carboxylic acids is 1. The Balaban J connectivity index is -0.000000196. The third kappa shape index (κ3) is 10.1. The van der Waals surface area contributed by atoms with Gasteiger partial charge in [-0.15, -0.1) is 0 Å². The van der Waals surface area contributed by atoms with Crippen LogP contribution in [0.15, 0.2) is 0 Å². The van der Waals surface area contributed by atoms with Gasteiger partial charge in [-0.2, -0.15) is 6.92 Å². The van der Waals surface area contributed by atoms with Gasteiger partial charge in [0.2, 0.25) is 0 Å². The second-order valence-electron chi connectivity index (χ2n) is 1.85. The second kappa shape index (κ2) is 12.7. The summed E-state index contributed by atoms with van der Waals surface area (Å²) in [4.78, 5) is 10.2. The summed E-state index contributed by atoms with van der Waals surface area (Å²) in [5, 5.41) is 8.37. The smallest absolute Gasteiger partial charge is 0.481 e. The normalized spacial score (nSPS) is 7.73. The minimum Gasteiger partial charge on any atom is -0.481 e. The van der Waals surface area contributed by atoms with E-state index in [2.05, 4.69) is 6.92 Å². The molecular weight excluding hydrogens is 135 g/mol. The minimum absolute atomic E-state index is 0. The molecular formula is C8H17LiO2. The summed E-state index contributed by atoms with van der Waals surface area (Å²) in [6.45, 7) is 8.78. The molecule has 62 valence electrons. The summed E-state index contributed by atoms with van der Waals surface area (Å²) in [5.41, 5.74) is 0. The van der Waals surface area contributed by atoms with Crippen LogP contribution in [0.2, 0.25) is 0 Å². The Bertz CT molecular complexity index is 80.2. The maximum atomic E-state index is 10.2. The molecule has 0 heterocycles. The monoisotopic (exact) mass is 152 g/mol. The van der Waals surface area contributed by atoms with Crippen LogP contribution >= 0.6 is 0 Å². The van der Waals surface area contributed by atoms with Crippen molar-refractivity contribution < 1.29 is 28.8 Å². The second-order valence-corrected chi connectivity index (χ2v) is 1.85. The zero-order valence-corrected chi connectivity index (χ0v) is 8.05. The summed E-state index contributed by atoms with van der Waals surface area (Å²) in [5.74, 6) is -0.801. The van der Waals surface area contributed by atoms with Crippen LogP contribution in [-0.2, 0) is 4.79 Å². The van der Waals surface area contributed by atoms with Crippen LogP contribution in [0.4, 0.5) is 0 Å². The van der Waals surface area contributed by atoms with Gasteiger partial charge in [0.15, 0.2) is 0 Å². The van der Waals surface area contributed by atoms with Gasteiger partial charge in [-0.25, -0.2) is 0 Å². The van der Waals surface area contributed by atoms with Gasteiger partial charge in [0, 0.05) is 0 Å². The van der Waals surface area contributed by atoms with E-state index in [4.69, 9.17) is 5.11 Å². The SMILES string of the molecule is CCC(CC)C(=O)O.[CH2-]C.[Li+]. The van der Waals surface area contributed by atoms with Gasteiger partial charge in [-0.3, -0.25) is 4.79 Å². The zero-order valence-electron chi connectivity index (χ0n) is 8.05. The predicted molar refractivity (Wildman–Crippen MR) is 42.7 cm³/mol. The number of carboxylic acid groups (broad SMARTS) is 1. The zero-order chi connectivity index (χ0) is 8.57. The van der Waals surface area contributed by atoms with E-state index in [9.17, 15) is 4.79 Å². The number of hydrogen-bond acceptors (Lipinski definition) is 1. The third-order valence-electron chi connectivity index (χ3n) is 1.33. The summed E-state index contributed by atoms with van der Waals surface area (Å²) < 4.78 is 0. The van der Waals surface area contributed by atoms with Gasteiger partial charge >= 0.3 is 24.8 Å². The summed E-state index contributed by atoms with van der Waals surface area (Å²) >= 11 is 0. The van der Waals surface area contributed by atoms with E-state index in [0.29, 0.717) is 0 Å². The average Bonchev–Trinajstić information content (AvgIpc) is 1.94. The Morgan fingerprint density at radius 1 is 1.36 bits per heavy atom. The maximum Gasteiger partial charge on any atom is 1.00 e. The number of carboxylic acids is 1. The fraction of sp³-hybridized carbons (Fsp3) is 0.750. The summed E-state index contributed by atoms with van der Waals surface area (Å²) in [6.07, 6.45) is 1.48. The van der Waals surface area contributed by atoms with Crippen molar-refractivity contribution in [2.75, 3.05) is 0 Å². The Morgan fingerprint density at radius 3 is 1.64 bits per heavy atom. The summed E-state index contributed by atoms with van der Waals surface area (Å²) in [6, 6.07) is 0. The molecule has 0 saturated carbocycles. The number of carbonyl (C=O) groups is 1. The molecule has 11 heavy (non-hydrogen) atoms. The van der Waals surface area contributed by atoms with E-state index in [1.807, 2.05) is 13.8 Å². The fourth-order valence-corrected chi connectivity index (χ4v) is 0.638. The van der Waals surface area contributed by atoms with Gasteiger partial charge in [0.05, 0.1) is 5.92 Å². The molecule has 2 nitrogen and oxygen atoms in total. The molecule has 0 spiro atoms. The van der Waals surface area contributed by atoms with Crippen LogP contribution in [0.5, 0.6) is 0 Å². The first-order chi connectivity index (χ1) is 4.72. The molecule has 0 aliphatic rings. The van der Waals surface area contributed by atoms with E-state index >= 15 is 0 Å². The molecule has 0 unspecified atom stereocenters. The first-order valence-corrected chi connectivity index (χ1v) is 3.65. The van der Waals surface area contributed by atoms with Crippen molar-refractivity contribution >= 4 is 5.97 Å². The van der Waals surface area contributed by atoms with Gasteiger partial charge in [0.1, 0.15) is 0 Å². The van der Waals surface area contributed by atoms with E-state index in [1.54, 1.807) is 6.92 Å². The van der Waals surface area contributed by atoms with Crippen molar-refractivity contribution in [3.63, 3.8) is 0 Å². The molecule has 1 N–H and O–H groups in total. The minimum atomic E-state index is -0.671. The topological polar surface area (TPSA) is 37.3 Å². The third-order valence-corrected chi connectivity index (χ3v) is 1.33. The van der Waals surface area contributed by atoms with E-state index in [1.165, 1.54) is 0 Å². The standard InChI is InChI=1S/C6H12O2.C2H5.Li/c1-3-5(4-2)6(7)8;1-2;/h5H,3-4H2,1-2H3,(H,7,8);1H2,2H3;/q;-1;+1. The average molecular weight is 152 g/mol. The predicted octanol–water partition coefficient (Wildman–Crippen LogP) is -0.648. The van der Waals surface area contributed by atoms with Crippen molar-refractivity contribution in [1.82, 2.24) is 0 Å². The van der Waals surface area contributed by atoms with Crippen LogP contribution < -0.4 is 18.9 Å². The number of rotatable bonds is 3. The van der Waals surface area contributed by atoms with Crippen molar-refractivity contribution in [1.29, 1.82) is 0 Å². The Kier molecular flexibility index (Phi) is 19.9.